The molecule has 5 heterocycles. The Hall–Kier alpha value is -4.33. The van der Waals surface area contributed by atoms with Gasteiger partial charge in [0.1, 0.15) is 10.8 Å². The summed E-state index contributed by atoms with van der Waals surface area (Å²) in [4.78, 5) is 47.7. The molecule has 0 aliphatic carbocycles. The Balaban J connectivity index is 1.23. The minimum Gasteiger partial charge on any atom is -0.493 e. The maximum Gasteiger partial charge on any atom is 0.275 e. The fourth-order valence-electron chi connectivity index (χ4n) is 5.79. The summed E-state index contributed by atoms with van der Waals surface area (Å²) in [6.45, 7) is 3.90. The van der Waals surface area contributed by atoms with Gasteiger partial charge in [0.2, 0.25) is 16.8 Å². The molecule has 0 unspecified atom stereocenters. The van der Waals surface area contributed by atoms with Crippen molar-refractivity contribution in [1.82, 2.24) is 29.7 Å². The summed E-state index contributed by atoms with van der Waals surface area (Å²) in [5.74, 6) is 1.41. The summed E-state index contributed by atoms with van der Waals surface area (Å²) in [6, 6.07) is 14.6. The molecular formula is C33H38N6O6S. The van der Waals surface area contributed by atoms with Crippen LogP contribution < -0.4 is 20.3 Å². The largest absolute Gasteiger partial charge is 0.493 e. The fraction of sp³-hybridized carbons (Fsp3) is 0.424. The first-order valence-corrected chi connectivity index (χ1v) is 16.3. The highest BCUT2D eigenvalue weighted by molar-refractivity contribution is 7.16. The molecule has 3 aliphatic rings. The number of nitrogens with one attached hydrogen (secondary N) is 1. The van der Waals surface area contributed by atoms with Crippen LogP contribution in [0.4, 0.5) is 0 Å². The van der Waals surface area contributed by atoms with Gasteiger partial charge in [-0.15, -0.1) is 0 Å². The van der Waals surface area contributed by atoms with Crippen molar-refractivity contribution in [3.8, 4) is 17.2 Å². The quantitative estimate of drug-likeness (QED) is 0.356. The summed E-state index contributed by atoms with van der Waals surface area (Å²) in [5, 5.41) is 8.33. The number of methoxy groups -OCH3 is 1. The van der Waals surface area contributed by atoms with E-state index in [0.29, 0.717) is 67.0 Å². The average molecular weight is 647 g/mol. The highest BCUT2D eigenvalue weighted by atomic mass is 32.1. The van der Waals surface area contributed by atoms with Gasteiger partial charge in [-0.05, 0) is 54.7 Å². The Morgan fingerprint density at radius 3 is 2.78 bits per heavy atom. The first-order valence-electron chi connectivity index (χ1n) is 15.5. The molecule has 1 saturated heterocycles. The molecule has 1 fully saturated rings. The maximum atomic E-state index is 13.2. The van der Waals surface area contributed by atoms with E-state index in [4.69, 9.17) is 19.2 Å². The molecule has 13 heteroatoms. The zero-order chi connectivity index (χ0) is 32.2. The van der Waals surface area contributed by atoms with E-state index in [1.807, 2.05) is 49.4 Å². The Morgan fingerprint density at radius 1 is 1.09 bits per heavy atom. The molecule has 2 atom stereocenters. The standard InChI is InChI=1S/C33H38N6O6S/c1-4-30-36-39-32(42)16-23(34-33(39)46-30)17-38-13-12-25-28(18-38)44-20-22-6-5-7-24(14-22)45-26-10-8-21(15-27(26)43-3)9-11-31(41)37(2)19-29(40)35-25/h5-8,10,14-16,25,28H,4,9,11-13,17-20H2,1-3H3,(H,35,40)/t25-,28-/m0/s1. The number of carbonyl (C=O) groups is 2. The number of hydrogen-bond donors (Lipinski definition) is 1. The summed E-state index contributed by atoms with van der Waals surface area (Å²) < 4.78 is 19.6. The van der Waals surface area contributed by atoms with Crippen molar-refractivity contribution in [3.05, 3.63) is 80.7 Å². The number of piperidine rings is 1. The molecule has 4 bridgehead atoms. The number of fused-ring (bicyclic) bond motifs is 10. The van der Waals surface area contributed by atoms with Gasteiger partial charge in [-0.3, -0.25) is 19.3 Å². The van der Waals surface area contributed by atoms with Crippen LogP contribution in [0.25, 0.3) is 4.96 Å². The Bertz CT molecular complexity index is 1790. The number of hydrogen-bond acceptors (Lipinski definition) is 10. The lowest BCUT2D eigenvalue weighted by atomic mass is 10.0. The van der Waals surface area contributed by atoms with Gasteiger partial charge in [-0.25, -0.2) is 4.98 Å². The van der Waals surface area contributed by atoms with Crippen LogP contribution in [0.5, 0.6) is 17.2 Å². The molecule has 46 heavy (non-hydrogen) atoms. The zero-order valence-corrected chi connectivity index (χ0v) is 27.0. The predicted molar refractivity (Wildman–Crippen MR) is 172 cm³/mol. The number of amides is 2. The van der Waals surface area contributed by atoms with Crippen molar-refractivity contribution in [2.75, 3.05) is 33.8 Å². The Labute approximate surface area is 270 Å². The van der Waals surface area contributed by atoms with E-state index in [-0.39, 0.29) is 42.5 Å². The lowest BCUT2D eigenvalue weighted by Gasteiger charge is -2.38. The maximum absolute atomic E-state index is 13.2. The van der Waals surface area contributed by atoms with Crippen molar-refractivity contribution >= 4 is 28.1 Å². The summed E-state index contributed by atoms with van der Waals surface area (Å²) in [6.07, 6.45) is 1.78. The average Bonchev–Trinajstić information content (AvgIpc) is 3.48. The third-order valence-electron chi connectivity index (χ3n) is 8.27. The van der Waals surface area contributed by atoms with E-state index in [9.17, 15) is 14.4 Å². The summed E-state index contributed by atoms with van der Waals surface area (Å²) in [5.41, 5.74) is 2.32. The number of benzene rings is 2. The second-order valence-electron chi connectivity index (χ2n) is 11.7. The van der Waals surface area contributed by atoms with Crippen molar-refractivity contribution in [2.45, 2.75) is 57.9 Å². The minimum absolute atomic E-state index is 0.0492. The molecule has 3 aliphatic heterocycles. The molecule has 7 rings (SSSR count). The SMILES string of the molecule is CCc1nn2c(=O)cc(CN3CC[C@@H]4NC(=O)CN(C)C(=O)CCc5ccc(c(OC)c5)Oc5cccc(c5)CO[C@H]4C3)nc2s1. The number of aryl methyl sites for hydroxylation is 2. The van der Waals surface area contributed by atoms with Gasteiger partial charge in [0, 0.05) is 39.2 Å². The number of nitrogens with zero attached hydrogens (tertiary/aromatic N) is 5. The molecule has 0 radical (unpaired) electrons. The monoisotopic (exact) mass is 646 g/mol. The summed E-state index contributed by atoms with van der Waals surface area (Å²) >= 11 is 1.42. The van der Waals surface area contributed by atoms with Crippen molar-refractivity contribution in [1.29, 1.82) is 0 Å². The van der Waals surface area contributed by atoms with Crippen LogP contribution in [0.3, 0.4) is 0 Å². The number of aromatic nitrogens is 3. The predicted octanol–water partition coefficient (Wildman–Crippen LogP) is 3.19. The molecule has 2 aromatic heterocycles. The van der Waals surface area contributed by atoms with Gasteiger partial charge in [-0.2, -0.15) is 9.61 Å². The number of ether oxygens (including phenoxy) is 3. The first-order chi connectivity index (χ1) is 22.3. The molecule has 2 aromatic carbocycles. The van der Waals surface area contributed by atoms with Crippen LogP contribution in [-0.2, 0) is 40.3 Å². The van der Waals surface area contributed by atoms with Gasteiger partial charge in [0.05, 0.1) is 38.1 Å². The molecule has 1 N–H and O–H groups in total. The Morgan fingerprint density at radius 2 is 1.96 bits per heavy atom. The minimum atomic E-state index is -0.349. The number of likely N-dealkylation sites (N-methyl/N-ethyl adjacent to an activating group) is 1. The van der Waals surface area contributed by atoms with E-state index in [2.05, 4.69) is 15.3 Å². The molecule has 0 saturated carbocycles. The van der Waals surface area contributed by atoms with Crippen molar-refractivity contribution < 1.29 is 23.8 Å². The molecule has 4 aromatic rings. The van der Waals surface area contributed by atoms with E-state index in [1.165, 1.54) is 26.8 Å². The van der Waals surface area contributed by atoms with E-state index in [1.54, 1.807) is 14.2 Å². The zero-order valence-electron chi connectivity index (χ0n) is 26.2. The number of carbonyl (C=O) groups excluding carboxylic acids is 2. The Kier molecular flexibility index (Phi) is 9.61. The van der Waals surface area contributed by atoms with Gasteiger partial charge < -0.3 is 24.4 Å². The van der Waals surface area contributed by atoms with Crippen LogP contribution in [0.15, 0.2) is 53.3 Å². The second kappa shape index (κ2) is 14.0. The van der Waals surface area contributed by atoms with E-state index in [0.717, 1.165) is 22.6 Å². The molecule has 2 amide bonds. The normalized spacial score (nSPS) is 19.9. The summed E-state index contributed by atoms with van der Waals surface area (Å²) in [7, 11) is 3.23. The molecule has 0 spiro atoms. The molecular weight excluding hydrogens is 608 g/mol. The van der Waals surface area contributed by atoms with Gasteiger partial charge >= 0.3 is 0 Å². The molecule has 12 nitrogen and oxygen atoms in total. The lowest BCUT2D eigenvalue weighted by Crippen LogP contribution is -2.56. The van der Waals surface area contributed by atoms with Gasteiger partial charge in [0.15, 0.2) is 11.5 Å². The topological polar surface area (TPSA) is 128 Å². The first kappa shape index (κ1) is 31.6. The van der Waals surface area contributed by atoms with Crippen LogP contribution in [-0.4, -0.2) is 82.1 Å². The van der Waals surface area contributed by atoms with Crippen molar-refractivity contribution in [2.24, 2.45) is 0 Å². The fourth-order valence-corrected chi connectivity index (χ4v) is 6.64. The smallest absolute Gasteiger partial charge is 0.275 e. The highest BCUT2D eigenvalue weighted by Gasteiger charge is 2.32. The van der Waals surface area contributed by atoms with Crippen LogP contribution in [0.1, 0.15) is 41.6 Å². The van der Waals surface area contributed by atoms with E-state index < -0.39 is 0 Å². The molecule has 242 valence electrons. The van der Waals surface area contributed by atoms with Crippen LogP contribution >= 0.6 is 11.3 Å². The van der Waals surface area contributed by atoms with Crippen LogP contribution in [0.2, 0.25) is 0 Å². The van der Waals surface area contributed by atoms with Gasteiger partial charge in [0.25, 0.3) is 5.56 Å². The highest BCUT2D eigenvalue weighted by Crippen LogP contribution is 2.33. The van der Waals surface area contributed by atoms with E-state index >= 15 is 0 Å². The lowest BCUT2D eigenvalue weighted by molar-refractivity contribution is -0.135. The third-order valence-corrected chi connectivity index (χ3v) is 9.32. The number of rotatable bonds is 4. The van der Waals surface area contributed by atoms with Crippen molar-refractivity contribution in [3.63, 3.8) is 0 Å². The van der Waals surface area contributed by atoms with Gasteiger partial charge in [-0.1, -0.05) is 36.5 Å². The third kappa shape index (κ3) is 7.38. The number of likely N-dealkylation sites (tertiary alicyclic amines) is 1. The second-order valence-corrected chi connectivity index (χ2v) is 12.7. The van der Waals surface area contributed by atoms with Crippen LogP contribution in [0, 0.1) is 0 Å².